The molecule has 0 bridgehead atoms. The first-order valence-corrected chi connectivity index (χ1v) is 9.26. The van der Waals surface area contributed by atoms with Gasteiger partial charge in [0.2, 0.25) is 0 Å². The summed E-state index contributed by atoms with van der Waals surface area (Å²) in [5.74, 6) is -0.240. The zero-order valence-corrected chi connectivity index (χ0v) is 15.2. The Kier molecular flexibility index (Phi) is 4.95. The number of phenolic OH excluding ortho intramolecular Hbond substituents is 1. The topological polar surface area (TPSA) is 107 Å². The van der Waals surface area contributed by atoms with Crippen molar-refractivity contribution in [2.24, 2.45) is 11.1 Å². The van der Waals surface area contributed by atoms with Crippen LogP contribution in [0.4, 0.5) is 0 Å². The third kappa shape index (κ3) is 3.43. The van der Waals surface area contributed by atoms with E-state index in [1.165, 1.54) is 12.3 Å². The number of hydrogen-bond donors (Lipinski definition) is 1. The van der Waals surface area contributed by atoms with E-state index >= 15 is 0 Å². The summed E-state index contributed by atoms with van der Waals surface area (Å²) in [6.45, 7) is 2.53. The molecule has 146 valence electrons. The van der Waals surface area contributed by atoms with Crippen molar-refractivity contribution in [3.8, 4) is 22.8 Å². The van der Waals surface area contributed by atoms with Gasteiger partial charge >= 0.3 is 5.91 Å². The number of hydrogen-bond acceptors (Lipinski definition) is 6. The van der Waals surface area contributed by atoms with Gasteiger partial charge in [-0.3, -0.25) is 9.59 Å². The average Bonchev–Trinajstić information content (AvgIpc) is 2.72. The van der Waals surface area contributed by atoms with Crippen molar-refractivity contribution in [3.05, 3.63) is 50.7 Å². The fourth-order valence-corrected chi connectivity index (χ4v) is 3.73. The highest BCUT2D eigenvalue weighted by Gasteiger charge is 2.22. The van der Waals surface area contributed by atoms with E-state index in [-0.39, 0.29) is 11.3 Å². The maximum Gasteiger partial charge on any atom is 0.322 e. The third-order valence-corrected chi connectivity index (χ3v) is 5.34. The average molecular weight is 384 g/mol. The standard InChI is InChI=1S/C20H20N2O6/c23-17-9-16-14-8-18(24)19(28-11-12-2-5-27-6-3-12)7-13(14)1-4-22(16)10-15(17)20(25)21-26/h7-10,12,24H,1-6,11H2. The molecule has 0 atom stereocenters. The molecule has 0 unspecified atom stereocenters. The largest absolute Gasteiger partial charge is 0.504 e. The SMILES string of the molecule is O=NC(=O)c1cn2c(cc1=O)-c1cc(O)c(OCC3CCOCC3)cc1CC2. The van der Waals surface area contributed by atoms with E-state index in [0.717, 1.165) is 31.6 Å². The zero-order valence-electron chi connectivity index (χ0n) is 15.2. The molecule has 2 aromatic rings. The summed E-state index contributed by atoms with van der Waals surface area (Å²) in [7, 11) is 0. The second kappa shape index (κ2) is 7.55. The molecule has 1 saturated heterocycles. The number of carbonyl (C=O) groups is 1. The molecule has 1 fully saturated rings. The van der Waals surface area contributed by atoms with Crippen LogP contribution in [0.2, 0.25) is 0 Å². The number of aryl methyl sites for hydroxylation is 2. The summed E-state index contributed by atoms with van der Waals surface area (Å²) < 4.78 is 12.9. The van der Waals surface area contributed by atoms with Crippen molar-refractivity contribution in [1.29, 1.82) is 0 Å². The van der Waals surface area contributed by atoms with Gasteiger partial charge in [-0.05, 0) is 42.9 Å². The van der Waals surface area contributed by atoms with Gasteiger partial charge in [0.05, 0.1) is 12.3 Å². The number of aromatic hydroxyl groups is 1. The lowest BCUT2D eigenvalue weighted by Gasteiger charge is -2.25. The Morgan fingerprint density at radius 2 is 2.07 bits per heavy atom. The number of pyridine rings is 1. The van der Waals surface area contributed by atoms with Crippen molar-refractivity contribution in [1.82, 2.24) is 4.57 Å². The van der Waals surface area contributed by atoms with Crippen molar-refractivity contribution >= 4 is 5.91 Å². The molecule has 8 nitrogen and oxygen atoms in total. The summed E-state index contributed by atoms with van der Waals surface area (Å²) in [6.07, 6.45) is 3.88. The molecule has 4 rings (SSSR count). The number of fused-ring (bicyclic) bond motifs is 3. The Bertz CT molecular complexity index is 991. The Labute approximate surface area is 160 Å². The number of phenols is 1. The Balaban J connectivity index is 1.63. The molecule has 28 heavy (non-hydrogen) atoms. The molecule has 0 radical (unpaired) electrons. The summed E-state index contributed by atoms with van der Waals surface area (Å²) >= 11 is 0. The Morgan fingerprint density at radius 3 is 2.82 bits per heavy atom. The fourth-order valence-electron chi connectivity index (χ4n) is 3.73. The van der Waals surface area contributed by atoms with E-state index in [2.05, 4.69) is 5.18 Å². The highest BCUT2D eigenvalue weighted by molar-refractivity contribution is 5.94. The van der Waals surface area contributed by atoms with Crippen molar-refractivity contribution < 1.29 is 19.4 Å². The maximum absolute atomic E-state index is 12.2. The molecular formula is C20H20N2O6. The van der Waals surface area contributed by atoms with Gasteiger partial charge in [-0.25, -0.2) is 0 Å². The van der Waals surface area contributed by atoms with E-state index in [9.17, 15) is 19.6 Å². The lowest BCUT2D eigenvalue weighted by Crippen LogP contribution is -2.22. The molecule has 0 aliphatic carbocycles. The predicted octanol–water partition coefficient (Wildman–Crippen LogP) is 2.49. The minimum atomic E-state index is -1.08. The molecule has 0 saturated carbocycles. The van der Waals surface area contributed by atoms with E-state index in [1.807, 2.05) is 6.07 Å². The molecule has 8 heteroatoms. The highest BCUT2D eigenvalue weighted by atomic mass is 16.5. The molecular weight excluding hydrogens is 364 g/mol. The van der Waals surface area contributed by atoms with Crippen molar-refractivity contribution in [2.75, 3.05) is 19.8 Å². The Morgan fingerprint density at radius 1 is 1.29 bits per heavy atom. The number of carbonyl (C=O) groups excluding carboxylic acids is 1. The van der Waals surface area contributed by atoms with Gasteiger partial charge in [0.1, 0.15) is 5.56 Å². The van der Waals surface area contributed by atoms with Gasteiger partial charge in [-0.15, -0.1) is 4.91 Å². The van der Waals surface area contributed by atoms with Crippen LogP contribution in [0.3, 0.4) is 0 Å². The normalized spacial score (nSPS) is 16.1. The number of rotatable bonds is 4. The third-order valence-electron chi connectivity index (χ3n) is 5.34. The van der Waals surface area contributed by atoms with Crippen LogP contribution in [0.15, 0.2) is 34.4 Å². The lowest BCUT2D eigenvalue weighted by molar-refractivity contribution is 0.0493. The van der Waals surface area contributed by atoms with Gasteiger partial charge in [0.25, 0.3) is 0 Å². The monoisotopic (exact) mass is 384 g/mol. The highest BCUT2D eigenvalue weighted by Crippen LogP contribution is 2.38. The number of aromatic nitrogens is 1. The second-order valence-corrected chi connectivity index (χ2v) is 7.12. The van der Waals surface area contributed by atoms with Crippen LogP contribution >= 0.6 is 0 Å². The predicted molar refractivity (Wildman–Crippen MR) is 101 cm³/mol. The summed E-state index contributed by atoms with van der Waals surface area (Å²) in [6, 6.07) is 4.70. The smallest absolute Gasteiger partial charge is 0.322 e. The van der Waals surface area contributed by atoms with Crippen LogP contribution < -0.4 is 10.2 Å². The van der Waals surface area contributed by atoms with Gasteiger partial charge in [-0.2, -0.15) is 0 Å². The number of nitroso groups, excluding NO2 is 1. The second-order valence-electron chi connectivity index (χ2n) is 7.12. The van der Waals surface area contributed by atoms with E-state index in [4.69, 9.17) is 9.47 Å². The first kappa shape index (κ1) is 18.4. The first-order valence-electron chi connectivity index (χ1n) is 9.26. The Hall–Kier alpha value is -3.00. The molecule has 1 aromatic heterocycles. The minimum Gasteiger partial charge on any atom is -0.504 e. The molecule has 2 aliphatic rings. The van der Waals surface area contributed by atoms with Crippen LogP contribution in [-0.2, 0) is 17.7 Å². The first-order chi connectivity index (χ1) is 13.6. The number of ether oxygens (including phenoxy) is 2. The van der Waals surface area contributed by atoms with Crippen LogP contribution in [-0.4, -0.2) is 35.4 Å². The molecule has 0 spiro atoms. The van der Waals surface area contributed by atoms with Crippen LogP contribution in [0.5, 0.6) is 11.5 Å². The molecule has 1 aromatic carbocycles. The van der Waals surface area contributed by atoms with Crippen molar-refractivity contribution in [3.63, 3.8) is 0 Å². The van der Waals surface area contributed by atoms with Gasteiger partial charge in [0.15, 0.2) is 16.9 Å². The van der Waals surface area contributed by atoms with Gasteiger partial charge < -0.3 is 19.1 Å². The number of benzene rings is 1. The van der Waals surface area contributed by atoms with Crippen LogP contribution in [0, 0.1) is 10.8 Å². The van der Waals surface area contributed by atoms with E-state index in [0.29, 0.717) is 42.5 Å². The maximum atomic E-state index is 12.2. The quantitative estimate of drug-likeness (QED) is 0.812. The van der Waals surface area contributed by atoms with Gasteiger partial charge in [0, 0.05) is 42.8 Å². The van der Waals surface area contributed by atoms with E-state index in [1.54, 1.807) is 10.6 Å². The number of nitrogens with zero attached hydrogens (tertiary/aromatic N) is 2. The summed E-state index contributed by atoms with van der Waals surface area (Å²) in [5.41, 5.74) is 1.43. The molecule has 1 N–H and O–H groups in total. The lowest BCUT2D eigenvalue weighted by atomic mass is 9.96. The van der Waals surface area contributed by atoms with Crippen LogP contribution in [0.1, 0.15) is 28.8 Å². The molecule has 1 amide bonds. The molecule has 2 aliphatic heterocycles. The van der Waals surface area contributed by atoms with E-state index < -0.39 is 11.3 Å². The number of amides is 1. The van der Waals surface area contributed by atoms with Gasteiger partial charge in [-0.1, -0.05) is 0 Å². The zero-order chi connectivity index (χ0) is 19.7. The summed E-state index contributed by atoms with van der Waals surface area (Å²) in [5, 5.41) is 12.8. The summed E-state index contributed by atoms with van der Waals surface area (Å²) in [4.78, 5) is 34.2. The minimum absolute atomic E-state index is 0.00131. The van der Waals surface area contributed by atoms with Crippen molar-refractivity contribution in [2.45, 2.75) is 25.8 Å². The molecule has 3 heterocycles. The fraction of sp³-hybridized carbons (Fsp3) is 0.400. The van der Waals surface area contributed by atoms with Crippen LogP contribution in [0.25, 0.3) is 11.3 Å².